The molecule has 1 aliphatic heterocycles. The van der Waals surface area contributed by atoms with Crippen LogP contribution in [0, 0.1) is 13.8 Å². The van der Waals surface area contributed by atoms with Gasteiger partial charge in [0.15, 0.2) is 5.82 Å². The first-order valence-electron chi connectivity index (χ1n) is 7.83. The Morgan fingerprint density at radius 2 is 1.96 bits per heavy atom. The number of thiazole rings is 1. The maximum Gasteiger partial charge on any atom is 0.321 e. The predicted molar refractivity (Wildman–Crippen MR) is 90.6 cm³/mol. The fourth-order valence-corrected chi connectivity index (χ4v) is 3.43. The molecule has 3 rings (SSSR count). The first-order valence-corrected chi connectivity index (χ1v) is 8.64. The molecule has 1 amide bonds. The number of anilines is 1. The maximum atomic E-state index is 12.3. The molecular weight excluding hydrogens is 328 g/mol. The van der Waals surface area contributed by atoms with E-state index in [-0.39, 0.29) is 18.5 Å². The number of aryl methyl sites for hydroxylation is 2. The van der Waals surface area contributed by atoms with E-state index in [1.807, 2.05) is 13.8 Å². The van der Waals surface area contributed by atoms with Crippen LogP contribution in [0.2, 0.25) is 0 Å². The van der Waals surface area contributed by atoms with Crippen molar-refractivity contribution in [2.45, 2.75) is 33.2 Å². The van der Waals surface area contributed by atoms with E-state index in [4.69, 9.17) is 4.74 Å². The van der Waals surface area contributed by atoms with Gasteiger partial charge in [-0.2, -0.15) is 15.0 Å². The molecule has 8 nitrogen and oxygen atoms in total. The van der Waals surface area contributed by atoms with E-state index < -0.39 is 0 Å². The van der Waals surface area contributed by atoms with Crippen LogP contribution in [0.4, 0.5) is 5.95 Å². The highest BCUT2D eigenvalue weighted by Gasteiger charge is 2.19. The van der Waals surface area contributed by atoms with Crippen LogP contribution in [0.1, 0.15) is 39.0 Å². The molecule has 0 saturated carbocycles. The van der Waals surface area contributed by atoms with Crippen LogP contribution in [0.3, 0.4) is 0 Å². The molecule has 0 aromatic carbocycles. The zero-order valence-corrected chi connectivity index (χ0v) is 14.8. The monoisotopic (exact) mass is 348 g/mol. The average molecular weight is 348 g/mol. The Labute approximate surface area is 144 Å². The lowest BCUT2D eigenvalue weighted by atomic mass is 10.3. The summed E-state index contributed by atoms with van der Waals surface area (Å²) in [5.41, 5.74) is 0.737. The van der Waals surface area contributed by atoms with Crippen molar-refractivity contribution in [2.75, 3.05) is 25.1 Å². The highest BCUT2D eigenvalue weighted by Crippen LogP contribution is 2.19. The minimum atomic E-state index is -0.166. The molecule has 9 heteroatoms. The number of nitrogens with one attached hydrogen (secondary N) is 1. The largest absolute Gasteiger partial charge is 0.467 e. The number of carbonyl (C=O) groups is 1. The van der Waals surface area contributed by atoms with Crippen molar-refractivity contribution >= 4 is 23.2 Å². The van der Waals surface area contributed by atoms with Gasteiger partial charge < -0.3 is 15.0 Å². The standard InChI is InChI=1S/C15H20N6O2S/c1-9-12(24-10(2)17-9)13(22)16-8-11-18-14(20-15(19-11)23-3)21-6-4-5-7-21/h4-8H2,1-3H3,(H,16,22). The van der Waals surface area contributed by atoms with Crippen molar-refractivity contribution in [3.8, 4) is 6.01 Å². The Hall–Kier alpha value is -2.29. The van der Waals surface area contributed by atoms with Crippen LogP contribution < -0.4 is 15.0 Å². The molecule has 1 N–H and O–H groups in total. The number of aromatic nitrogens is 4. The lowest BCUT2D eigenvalue weighted by Crippen LogP contribution is -2.26. The Bertz CT molecular complexity index is 742. The normalized spacial score (nSPS) is 14.0. The Balaban J connectivity index is 1.73. The van der Waals surface area contributed by atoms with Crippen LogP contribution in [0.15, 0.2) is 0 Å². The summed E-state index contributed by atoms with van der Waals surface area (Å²) in [7, 11) is 1.52. The lowest BCUT2D eigenvalue weighted by Gasteiger charge is -2.16. The number of rotatable bonds is 5. The highest BCUT2D eigenvalue weighted by atomic mass is 32.1. The van der Waals surface area contributed by atoms with Gasteiger partial charge in [0.05, 0.1) is 24.4 Å². The molecule has 0 atom stereocenters. The smallest absolute Gasteiger partial charge is 0.321 e. The lowest BCUT2D eigenvalue weighted by molar-refractivity contribution is 0.0953. The van der Waals surface area contributed by atoms with Crippen molar-refractivity contribution in [3.05, 3.63) is 21.4 Å². The summed E-state index contributed by atoms with van der Waals surface area (Å²) in [6, 6.07) is 0.265. The predicted octanol–water partition coefficient (Wildman–Crippen LogP) is 1.48. The van der Waals surface area contributed by atoms with E-state index in [9.17, 15) is 4.79 Å². The maximum absolute atomic E-state index is 12.3. The topological polar surface area (TPSA) is 93.1 Å². The molecule has 2 aromatic rings. The molecular formula is C15H20N6O2S. The summed E-state index contributed by atoms with van der Waals surface area (Å²) in [5.74, 6) is 0.921. The van der Waals surface area contributed by atoms with E-state index >= 15 is 0 Å². The van der Waals surface area contributed by atoms with Crippen LogP contribution in [-0.4, -0.2) is 46.0 Å². The second-order valence-corrected chi connectivity index (χ2v) is 6.77. The van der Waals surface area contributed by atoms with E-state index in [0.29, 0.717) is 16.6 Å². The third kappa shape index (κ3) is 3.61. The first-order chi connectivity index (χ1) is 11.6. The molecule has 0 bridgehead atoms. The van der Waals surface area contributed by atoms with E-state index in [0.717, 1.165) is 36.6 Å². The Morgan fingerprint density at radius 1 is 1.21 bits per heavy atom. The number of hydrogen-bond acceptors (Lipinski definition) is 8. The first kappa shape index (κ1) is 16.6. The van der Waals surface area contributed by atoms with Gasteiger partial charge >= 0.3 is 6.01 Å². The quantitative estimate of drug-likeness (QED) is 0.875. The molecule has 2 aromatic heterocycles. The number of carbonyl (C=O) groups excluding carboxylic acids is 1. The molecule has 1 aliphatic rings. The summed E-state index contributed by atoms with van der Waals surface area (Å²) >= 11 is 1.38. The van der Waals surface area contributed by atoms with Gasteiger partial charge in [0, 0.05) is 13.1 Å². The summed E-state index contributed by atoms with van der Waals surface area (Å²) in [5, 5.41) is 3.71. The second-order valence-electron chi connectivity index (χ2n) is 5.56. The summed E-state index contributed by atoms with van der Waals surface area (Å²) < 4.78 is 5.16. The Kier molecular flexibility index (Phi) is 4.89. The molecule has 0 radical (unpaired) electrons. The number of hydrogen-bond donors (Lipinski definition) is 1. The number of nitrogens with zero attached hydrogens (tertiary/aromatic N) is 5. The summed E-state index contributed by atoms with van der Waals surface area (Å²) in [6.45, 7) is 5.79. The second kappa shape index (κ2) is 7.08. The molecule has 1 saturated heterocycles. The molecule has 24 heavy (non-hydrogen) atoms. The van der Waals surface area contributed by atoms with Crippen molar-refractivity contribution < 1.29 is 9.53 Å². The van der Waals surface area contributed by atoms with Gasteiger partial charge in [0.2, 0.25) is 5.95 Å². The van der Waals surface area contributed by atoms with Crippen LogP contribution in [-0.2, 0) is 6.54 Å². The van der Waals surface area contributed by atoms with Crippen LogP contribution in [0.5, 0.6) is 6.01 Å². The molecule has 1 fully saturated rings. The average Bonchev–Trinajstić information content (AvgIpc) is 3.22. The van der Waals surface area contributed by atoms with Gasteiger partial charge in [0.1, 0.15) is 4.88 Å². The third-order valence-corrected chi connectivity index (χ3v) is 4.81. The highest BCUT2D eigenvalue weighted by molar-refractivity contribution is 7.13. The summed E-state index contributed by atoms with van der Waals surface area (Å²) in [4.78, 5) is 32.3. The zero-order chi connectivity index (χ0) is 17.1. The third-order valence-electron chi connectivity index (χ3n) is 3.74. The molecule has 128 valence electrons. The van der Waals surface area contributed by atoms with Gasteiger partial charge in [-0.1, -0.05) is 0 Å². The van der Waals surface area contributed by atoms with Gasteiger partial charge in [-0.05, 0) is 26.7 Å². The van der Waals surface area contributed by atoms with Crippen molar-refractivity contribution in [3.63, 3.8) is 0 Å². The fraction of sp³-hybridized carbons (Fsp3) is 0.533. The van der Waals surface area contributed by atoms with Gasteiger partial charge in [0.25, 0.3) is 5.91 Å². The molecule has 0 unspecified atom stereocenters. The number of methoxy groups -OCH3 is 1. The fourth-order valence-electron chi connectivity index (χ4n) is 2.60. The van der Waals surface area contributed by atoms with Crippen LogP contribution in [0.25, 0.3) is 0 Å². The zero-order valence-electron chi connectivity index (χ0n) is 14.0. The molecule has 0 aliphatic carbocycles. The van der Waals surface area contributed by atoms with Crippen molar-refractivity contribution in [2.24, 2.45) is 0 Å². The molecule has 3 heterocycles. The number of ether oxygens (including phenoxy) is 1. The van der Waals surface area contributed by atoms with E-state index in [1.165, 1.54) is 18.4 Å². The summed E-state index contributed by atoms with van der Waals surface area (Å²) in [6.07, 6.45) is 2.26. The number of amides is 1. The minimum Gasteiger partial charge on any atom is -0.467 e. The van der Waals surface area contributed by atoms with Gasteiger partial charge in [-0.3, -0.25) is 4.79 Å². The van der Waals surface area contributed by atoms with Gasteiger partial charge in [-0.25, -0.2) is 4.98 Å². The van der Waals surface area contributed by atoms with E-state index in [2.05, 4.69) is 30.2 Å². The molecule has 0 spiro atoms. The van der Waals surface area contributed by atoms with Gasteiger partial charge in [-0.15, -0.1) is 11.3 Å². The Morgan fingerprint density at radius 3 is 2.58 bits per heavy atom. The SMILES string of the molecule is COc1nc(CNC(=O)c2sc(C)nc2C)nc(N2CCCC2)n1. The van der Waals surface area contributed by atoms with Crippen molar-refractivity contribution in [1.82, 2.24) is 25.3 Å². The van der Waals surface area contributed by atoms with Crippen LogP contribution >= 0.6 is 11.3 Å². The minimum absolute atomic E-state index is 0.166. The van der Waals surface area contributed by atoms with E-state index in [1.54, 1.807) is 0 Å². The van der Waals surface area contributed by atoms with Crippen molar-refractivity contribution in [1.29, 1.82) is 0 Å².